The lowest BCUT2D eigenvalue weighted by atomic mass is 10.0. The summed E-state index contributed by atoms with van der Waals surface area (Å²) in [7, 11) is 1.76. The fourth-order valence-corrected chi connectivity index (χ4v) is 1.90. The van der Waals surface area contributed by atoms with Gasteiger partial charge in [0.2, 0.25) is 11.8 Å². The first-order valence-electron chi connectivity index (χ1n) is 5.83. The van der Waals surface area contributed by atoms with Crippen molar-refractivity contribution in [2.45, 2.75) is 19.8 Å². The summed E-state index contributed by atoms with van der Waals surface area (Å²) in [6, 6.07) is 0. The van der Waals surface area contributed by atoms with E-state index in [1.807, 2.05) is 6.92 Å². The minimum Gasteiger partial charge on any atom is -0.342 e. The second kappa shape index (κ2) is 5.84. The van der Waals surface area contributed by atoms with Crippen LogP contribution in [0.15, 0.2) is 0 Å². The molecule has 2 N–H and O–H groups in total. The van der Waals surface area contributed by atoms with Gasteiger partial charge in [0, 0.05) is 26.7 Å². The molecule has 0 aliphatic carbocycles. The number of piperazine rings is 1. The molecule has 1 atom stereocenters. The quantitative estimate of drug-likeness (QED) is 0.714. The third kappa shape index (κ3) is 2.95. The number of amides is 2. The molecule has 5 nitrogen and oxygen atoms in total. The third-order valence-corrected chi connectivity index (χ3v) is 3.04. The summed E-state index contributed by atoms with van der Waals surface area (Å²) >= 11 is 0. The molecule has 1 aliphatic heterocycles. The van der Waals surface area contributed by atoms with E-state index in [4.69, 9.17) is 5.73 Å². The van der Waals surface area contributed by atoms with Crippen LogP contribution < -0.4 is 5.73 Å². The fraction of sp³-hybridized carbons (Fsp3) is 0.818. The van der Waals surface area contributed by atoms with Gasteiger partial charge in [-0.05, 0) is 6.42 Å². The van der Waals surface area contributed by atoms with Crippen molar-refractivity contribution in [2.24, 2.45) is 11.7 Å². The number of rotatable bonds is 4. The van der Waals surface area contributed by atoms with E-state index in [2.05, 4.69) is 0 Å². The van der Waals surface area contributed by atoms with Gasteiger partial charge in [0.25, 0.3) is 0 Å². The summed E-state index contributed by atoms with van der Waals surface area (Å²) in [5.41, 5.74) is 5.59. The highest BCUT2D eigenvalue weighted by molar-refractivity contribution is 5.87. The first kappa shape index (κ1) is 13.0. The number of nitrogens with zero attached hydrogens (tertiary/aromatic N) is 2. The highest BCUT2D eigenvalue weighted by atomic mass is 16.2. The third-order valence-electron chi connectivity index (χ3n) is 3.04. The van der Waals surface area contributed by atoms with Crippen molar-refractivity contribution in [1.82, 2.24) is 9.80 Å². The highest BCUT2D eigenvalue weighted by Crippen LogP contribution is 2.11. The predicted molar refractivity (Wildman–Crippen MR) is 61.7 cm³/mol. The van der Waals surface area contributed by atoms with Gasteiger partial charge >= 0.3 is 0 Å². The van der Waals surface area contributed by atoms with Crippen LogP contribution >= 0.6 is 0 Å². The minimum atomic E-state index is -0.124. The van der Waals surface area contributed by atoms with Gasteiger partial charge in [0.1, 0.15) is 0 Å². The molecule has 0 bridgehead atoms. The zero-order valence-electron chi connectivity index (χ0n) is 10.1. The average molecular weight is 227 g/mol. The van der Waals surface area contributed by atoms with Gasteiger partial charge in [0.05, 0.1) is 12.5 Å². The molecule has 1 fully saturated rings. The first-order valence-corrected chi connectivity index (χ1v) is 5.83. The normalized spacial score (nSPS) is 18.8. The Hall–Kier alpha value is -1.10. The molecular weight excluding hydrogens is 206 g/mol. The smallest absolute Gasteiger partial charge is 0.241 e. The van der Waals surface area contributed by atoms with Crippen LogP contribution in [0.25, 0.3) is 0 Å². The Morgan fingerprint density at radius 1 is 1.50 bits per heavy atom. The van der Waals surface area contributed by atoms with E-state index in [1.165, 1.54) is 0 Å². The van der Waals surface area contributed by atoms with Gasteiger partial charge in [-0.25, -0.2) is 0 Å². The maximum Gasteiger partial charge on any atom is 0.241 e. The van der Waals surface area contributed by atoms with Crippen LogP contribution in [0.4, 0.5) is 0 Å². The van der Waals surface area contributed by atoms with Crippen molar-refractivity contribution in [3.05, 3.63) is 0 Å². The molecule has 0 radical (unpaired) electrons. The van der Waals surface area contributed by atoms with E-state index >= 15 is 0 Å². The molecule has 0 aromatic rings. The van der Waals surface area contributed by atoms with E-state index in [0.717, 1.165) is 12.8 Å². The Labute approximate surface area is 96.6 Å². The molecule has 1 saturated heterocycles. The van der Waals surface area contributed by atoms with E-state index in [1.54, 1.807) is 16.8 Å². The Bertz CT molecular complexity index is 268. The van der Waals surface area contributed by atoms with Gasteiger partial charge in [-0.1, -0.05) is 13.3 Å². The van der Waals surface area contributed by atoms with Gasteiger partial charge in [0.15, 0.2) is 0 Å². The van der Waals surface area contributed by atoms with Crippen molar-refractivity contribution in [1.29, 1.82) is 0 Å². The summed E-state index contributed by atoms with van der Waals surface area (Å²) in [6.07, 6.45) is 1.74. The fourth-order valence-electron chi connectivity index (χ4n) is 1.90. The minimum absolute atomic E-state index is 0.00636. The summed E-state index contributed by atoms with van der Waals surface area (Å²) in [4.78, 5) is 26.8. The van der Waals surface area contributed by atoms with Gasteiger partial charge in [-0.3, -0.25) is 9.59 Å². The molecule has 92 valence electrons. The maximum absolute atomic E-state index is 12.0. The Morgan fingerprint density at radius 2 is 2.19 bits per heavy atom. The Balaban J connectivity index is 2.56. The molecule has 2 amide bonds. The molecule has 0 aromatic heterocycles. The second-order valence-corrected chi connectivity index (χ2v) is 4.30. The van der Waals surface area contributed by atoms with Crippen LogP contribution in [-0.4, -0.2) is 54.8 Å². The summed E-state index contributed by atoms with van der Waals surface area (Å²) in [6.45, 7) is 3.85. The first-order chi connectivity index (χ1) is 7.60. The molecule has 0 aromatic carbocycles. The van der Waals surface area contributed by atoms with Crippen LogP contribution in [0.1, 0.15) is 19.8 Å². The van der Waals surface area contributed by atoms with Crippen molar-refractivity contribution >= 4 is 11.8 Å². The molecule has 16 heavy (non-hydrogen) atoms. The zero-order valence-corrected chi connectivity index (χ0v) is 10.1. The van der Waals surface area contributed by atoms with Crippen LogP contribution in [-0.2, 0) is 9.59 Å². The predicted octanol–water partition coefficient (Wildman–Crippen LogP) is -0.338. The molecule has 5 heteroatoms. The lowest BCUT2D eigenvalue weighted by molar-refractivity contribution is -0.146. The number of nitrogens with two attached hydrogens (primary N) is 1. The van der Waals surface area contributed by atoms with Crippen LogP contribution in [0, 0.1) is 5.92 Å². The van der Waals surface area contributed by atoms with E-state index < -0.39 is 0 Å². The molecule has 1 aliphatic rings. The van der Waals surface area contributed by atoms with Gasteiger partial charge in [-0.2, -0.15) is 0 Å². The largest absolute Gasteiger partial charge is 0.342 e. The SMILES string of the molecule is CCCC(CN)C(=O)N1CCN(C)C(=O)C1. The average Bonchev–Trinajstić information content (AvgIpc) is 2.28. The number of hydrogen-bond donors (Lipinski definition) is 1. The van der Waals surface area contributed by atoms with E-state index in [-0.39, 0.29) is 24.3 Å². The van der Waals surface area contributed by atoms with Gasteiger partial charge in [-0.15, -0.1) is 0 Å². The number of carbonyl (C=O) groups is 2. The van der Waals surface area contributed by atoms with Crippen molar-refractivity contribution in [3.63, 3.8) is 0 Å². The maximum atomic E-state index is 12.0. The number of hydrogen-bond acceptors (Lipinski definition) is 3. The summed E-state index contributed by atoms with van der Waals surface area (Å²) in [5.74, 6) is -0.0844. The molecule has 0 saturated carbocycles. The topological polar surface area (TPSA) is 66.6 Å². The van der Waals surface area contributed by atoms with E-state index in [9.17, 15) is 9.59 Å². The summed E-state index contributed by atoms with van der Waals surface area (Å²) in [5, 5.41) is 0. The van der Waals surface area contributed by atoms with Crippen molar-refractivity contribution in [3.8, 4) is 0 Å². The lowest BCUT2D eigenvalue weighted by Gasteiger charge is -2.33. The van der Waals surface area contributed by atoms with Crippen molar-refractivity contribution < 1.29 is 9.59 Å². The van der Waals surface area contributed by atoms with Crippen molar-refractivity contribution in [2.75, 3.05) is 33.2 Å². The second-order valence-electron chi connectivity index (χ2n) is 4.30. The molecule has 1 rings (SSSR count). The van der Waals surface area contributed by atoms with Crippen LogP contribution in [0.5, 0.6) is 0 Å². The number of carbonyl (C=O) groups excluding carboxylic acids is 2. The number of likely N-dealkylation sites (N-methyl/N-ethyl adjacent to an activating group) is 1. The molecular formula is C11H21N3O2. The standard InChI is InChI=1S/C11H21N3O2/c1-3-4-9(7-12)11(16)14-6-5-13(2)10(15)8-14/h9H,3-8,12H2,1-2H3. The van der Waals surface area contributed by atoms with Crippen LogP contribution in [0.3, 0.4) is 0 Å². The highest BCUT2D eigenvalue weighted by Gasteiger charge is 2.28. The van der Waals surface area contributed by atoms with Crippen LogP contribution in [0.2, 0.25) is 0 Å². The Morgan fingerprint density at radius 3 is 2.69 bits per heavy atom. The summed E-state index contributed by atoms with van der Waals surface area (Å²) < 4.78 is 0. The molecule has 0 spiro atoms. The molecule has 1 unspecified atom stereocenters. The zero-order chi connectivity index (χ0) is 12.1. The van der Waals surface area contributed by atoms with Gasteiger partial charge < -0.3 is 15.5 Å². The monoisotopic (exact) mass is 227 g/mol. The lowest BCUT2D eigenvalue weighted by Crippen LogP contribution is -2.52. The van der Waals surface area contributed by atoms with E-state index in [0.29, 0.717) is 19.6 Å². The Kier molecular flexibility index (Phi) is 4.73. The molecule has 1 heterocycles.